The standard InChI is InChI=1S/C15H20N2O4/c1-21-11-8-13(17-9-11)14(18)16-7-6-10-4-2-3-5-12(10)15(19)20/h2-5,11,13,17H,6-9H2,1H3,(H,16,18)(H,19,20). The lowest BCUT2D eigenvalue weighted by Crippen LogP contribution is -2.41. The van der Waals surface area contributed by atoms with Gasteiger partial charge in [-0.05, 0) is 24.5 Å². The van der Waals surface area contributed by atoms with Crippen molar-refractivity contribution in [2.24, 2.45) is 0 Å². The molecule has 1 aliphatic rings. The summed E-state index contributed by atoms with van der Waals surface area (Å²) in [5.74, 6) is -1.01. The number of carboxylic acids is 1. The number of nitrogens with one attached hydrogen (secondary N) is 2. The first kappa shape index (κ1) is 15.5. The molecule has 1 aromatic rings. The first-order valence-corrected chi connectivity index (χ1v) is 6.97. The lowest BCUT2D eigenvalue weighted by molar-refractivity contribution is -0.122. The molecule has 1 saturated heterocycles. The SMILES string of the molecule is COC1CNC(C(=O)NCCc2ccccc2C(=O)O)C1. The Morgan fingerprint density at radius 2 is 2.19 bits per heavy atom. The second kappa shape index (κ2) is 7.19. The Balaban J connectivity index is 1.82. The van der Waals surface area contributed by atoms with Gasteiger partial charge in [0.1, 0.15) is 0 Å². The molecule has 0 radical (unpaired) electrons. The minimum Gasteiger partial charge on any atom is -0.478 e. The molecule has 6 heteroatoms. The van der Waals surface area contributed by atoms with Gasteiger partial charge in [0, 0.05) is 20.2 Å². The number of ether oxygens (including phenoxy) is 1. The minimum absolute atomic E-state index is 0.0673. The molecule has 1 aromatic carbocycles. The highest BCUT2D eigenvalue weighted by Gasteiger charge is 2.28. The molecule has 0 aliphatic carbocycles. The summed E-state index contributed by atoms with van der Waals surface area (Å²) in [4.78, 5) is 23.1. The van der Waals surface area contributed by atoms with Crippen molar-refractivity contribution < 1.29 is 19.4 Å². The second-order valence-corrected chi connectivity index (χ2v) is 5.06. The molecule has 1 fully saturated rings. The summed E-state index contributed by atoms with van der Waals surface area (Å²) in [7, 11) is 1.63. The van der Waals surface area contributed by atoms with Gasteiger partial charge in [-0.25, -0.2) is 4.79 Å². The highest BCUT2D eigenvalue weighted by molar-refractivity contribution is 5.89. The summed E-state index contributed by atoms with van der Waals surface area (Å²) in [6.07, 6.45) is 1.23. The highest BCUT2D eigenvalue weighted by atomic mass is 16.5. The van der Waals surface area contributed by atoms with E-state index in [9.17, 15) is 9.59 Å². The molecule has 0 spiro atoms. The molecule has 3 N–H and O–H groups in total. The molecule has 0 saturated carbocycles. The Labute approximate surface area is 123 Å². The van der Waals surface area contributed by atoms with Gasteiger partial charge >= 0.3 is 5.97 Å². The number of methoxy groups -OCH3 is 1. The van der Waals surface area contributed by atoms with Crippen LogP contribution in [-0.2, 0) is 16.0 Å². The normalized spacial score (nSPS) is 21.2. The van der Waals surface area contributed by atoms with E-state index < -0.39 is 5.97 Å². The van der Waals surface area contributed by atoms with Crippen LogP contribution in [0.25, 0.3) is 0 Å². The third kappa shape index (κ3) is 4.03. The van der Waals surface area contributed by atoms with E-state index in [1.165, 1.54) is 0 Å². The zero-order chi connectivity index (χ0) is 15.2. The van der Waals surface area contributed by atoms with Crippen molar-refractivity contribution in [3.63, 3.8) is 0 Å². The molecular formula is C15H20N2O4. The van der Waals surface area contributed by atoms with E-state index in [1.807, 2.05) is 0 Å². The summed E-state index contributed by atoms with van der Waals surface area (Å²) >= 11 is 0. The number of amides is 1. The average molecular weight is 292 g/mol. The van der Waals surface area contributed by atoms with Gasteiger partial charge in [-0.2, -0.15) is 0 Å². The van der Waals surface area contributed by atoms with Crippen LogP contribution in [0.15, 0.2) is 24.3 Å². The number of benzene rings is 1. The lowest BCUT2D eigenvalue weighted by atomic mass is 10.0. The topological polar surface area (TPSA) is 87.7 Å². The van der Waals surface area contributed by atoms with Crippen LogP contribution in [0.1, 0.15) is 22.3 Å². The fourth-order valence-corrected chi connectivity index (χ4v) is 2.47. The molecular weight excluding hydrogens is 272 g/mol. The summed E-state index contributed by atoms with van der Waals surface area (Å²) in [6, 6.07) is 6.60. The van der Waals surface area contributed by atoms with Gasteiger partial charge in [0.15, 0.2) is 0 Å². The molecule has 1 aliphatic heterocycles. The number of carbonyl (C=O) groups is 2. The number of hydrogen-bond acceptors (Lipinski definition) is 4. The van der Waals surface area contributed by atoms with Gasteiger partial charge in [-0.1, -0.05) is 18.2 Å². The molecule has 0 aromatic heterocycles. The van der Waals surface area contributed by atoms with Crippen LogP contribution in [0.2, 0.25) is 0 Å². The fraction of sp³-hybridized carbons (Fsp3) is 0.467. The summed E-state index contributed by atoms with van der Waals surface area (Å²) in [5, 5.41) is 15.0. The third-order valence-corrected chi connectivity index (χ3v) is 3.68. The average Bonchev–Trinajstić information content (AvgIpc) is 2.96. The predicted molar refractivity (Wildman–Crippen MR) is 77.3 cm³/mol. The van der Waals surface area contributed by atoms with Crippen LogP contribution in [-0.4, -0.2) is 49.3 Å². The Kier molecular flexibility index (Phi) is 5.30. The first-order chi connectivity index (χ1) is 10.1. The predicted octanol–water partition coefficient (Wildman–Crippen LogP) is 0.420. The Bertz CT molecular complexity index is 518. The summed E-state index contributed by atoms with van der Waals surface area (Å²) in [6.45, 7) is 1.09. The second-order valence-electron chi connectivity index (χ2n) is 5.06. The quantitative estimate of drug-likeness (QED) is 0.707. The van der Waals surface area contributed by atoms with Crippen molar-refractivity contribution in [2.75, 3.05) is 20.2 Å². The molecule has 2 unspecified atom stereocenters. The largest absolute Gasteiger partial charge is 0.478 e. The van der Waals surface area contributed by atoms with Crippen LogP contribution in [0, 0.1) is 0 Å². The molecule has 6 nitrogen and oxygen atoms in total. The van der Waals surface area contributed by atoms with Crippen molar-refractivity contribution in [3.8, 4) is 0 Å². The van der Waals surface area contributed by atoms with E-state index in [1.54, 1.807) is 31.4 Å². The van der Waals surface area contributed by atoms with Gasteiger partial charge in [-0.3, -0.25) is 4.79 Å². The van der Waals surface area contributed by atoms with Gasteiger partial charge in [0.05, 0.1) is 17.7 Å². The van der Waals surface area contributed by atoms with Crippen molar-refractivity contribution in [1.82, 2.24) is 10.6 Å². The molecule has 2 atom stereocenters. The molecule has 1 heterocycles. The van der Waals surface area contributed by atoms with Gasteiger partial charge in [0.25, 0.3) is 0 Å². The molecule has 2 rings (SSSR count). The number of aromatic carboxylic acids is 1. The maximum atomic E-state index is 12.0. The van der Waals surface area contributed by atoms with E-state index >= 15 is 0 Å². The van der Waals surface area contributed by atoms with Crippen molar-refractivity contribution in [2.45, 2.75) is 25.0 Å². The zero-order valence-corrected chi connectivity index (χ0v) is 12.0. The maximum Gasteiger partial charge on any atom is 0.335 e. The monoisotopic (exact) mass is 292 g/mol. The smallest absolute Gasteiger partial charge is 0.335 e. The van der Waals surface area contributed by atoms with Crippen LogP contribution < -0.4 is 10.6 Å². The molecule has 0 bridgehead atoms. The van der Waals surface area contributed by atoms with Crippen LogP contribution in [0.5, 0.6) is 0 Å². The van der Waals surface area contributed by atoms with Gasteiger partial charge in [0.2, 0.25) is 5.91 Å². The van der Waals surface area contributed by atoms with Crippen LogP contribution >= 0.6 is 0 Å². The molecule has 114 valence electrons. The van der Waals surface area contributed by atoms with Crippen LogP contribution in [0.3, 0.4) is 0 Å². The van der Waals surface area contributed by atoms with Crippen LogP contribution in [0.4, 0.5) is 0 Å². The Hall–Kier alpha value is -1.92. The minimum atomic E-state index is -0.947. The van der Waals surface area contributed by atoms with Gasteiger partial charge in [-0.15, -0.1) is 0 Å². The van der Waals surface area contributed by atoms with E-state index in [2.05, 4.69) is 10.6 Å². The number of rotatable bonds is 6. The summed E-state index contributed by atoms with van der Waals surface area (Å²) < 4.78 is 5.20. The molecule has 1 amide bonds. The van der Waals surface area contributed by atoms with E-state index in [4.69, 9.17) is 9.84 Å². The third-order valence-electron chi connectivity index (χ3n) is 3.68. The van der Waals surface area contributed by atoms with E-state index in [-0.39, 0.29) is 23.6 Å². The van der Waals surface area contributed by atoms with Crippen molar-refractivity contribution in [1.29, 1.82) is 0 Å². The lowest BCUT2D eigenvalue weighted by Gasteiger charge is -2.12. The van der Waals surface area contributed by atoms with E-state index in [0.29, 0.717) is 25.9 Å². The number of carbonyl (C=O) groups excluding carboxylic acids is 1. The number of hydrogen-bond donors (Lipinski definition) is 3. The Morgan fingerprint density at radius 3 is 2.86 bits per heavy atom. The van der Waals surface area contributed by atoms with Crippen molar-refractivity contribution in [3.05, 3.63) is 35.4 Å². The first-order valence-electron chi connectivity index (χ1n) is 6.97. The van der Waals surface area contributed by atoms with Gasteiger partial charge < -0.3 is 20.5 Å². The van der Waals surface area contributed by atoms with E-state index in [0.717, 1.165) is 5.56 Å². The zero-order valence-electron chi connectivity index (χ0n) is 12.0. The number of carboxylic acid groups (broad SMARTS) is 1. The van der Waals surface area contributed by atoms with Crippen molar-refractivity contribution >= 4 is 11.9 Å². The Morgan fingerprint density at radius 1 is 1.43 bits per heavy atom. The fourth-order valence-electron chi connectivity index (χ4n) is 2.47. The molecule has 21 heavy (non-hydrogen) atoms. The summed E-state index contributed by atoms with van der Waals surface area (Å²) in [5.41, 5.74) is 1.00. The maximum absolute atomic E-state index is 12.0. The highest BCUT2D eigenvalue weighted by Crippen LogP contribution is 2.11.